The van der Waals surface area contributed by atoms with E-state index in [1.807, 2.05) is 6.07 Å². The molecule has 0 fully saturated rings. The molecule has 0 spiro atoms. The van der Waals surface area contributed by atoms with E-state index in [4.69, 9.17) is 23.2 Å². The lowest BCUT2D eigenvalue weighted by molar-refractivity contribution is 0.971. The van der Waals surface area contributed by atoms with Gasteiger partial charge in [0.2, 0.25) is 0 Å². The molecule has 21 heavy (non-hydrogen) atoms. The van der Waals surface area contributed by atoms with E-state index in [0.29, 0.717) is 27.9 Å². The summed E-state index contributed by atoms with van der Waals surface area (Å²) in [5.74, 6) is 0. The van der Waals surface area contributed by atoms with Gasteiger partial charge in [-0.2, -0.15) is 0 Å². The van der Waals surface area contributed by atoms with Crippen molar-refractivity contribution in [2.24, 2.45) is 0 Å². The number of benzene rings is 1. The Morgan fingerprint density at radius 3 is 2.62 bits per heavy atom. The lowest BCUT2D eigenvalue weighted by atomic mass is 10.3. The predicted octanol–water partition coefficient (Wildman–Crippen LogP) is 3.61. The van der Waals surface area contributed by atoms with Crippen molar-refractivity contribution in [3.63, 3.8) is 0 Å². The SMILES string of the molecule is O=c1cc(CNc2cc(Cl)cc(Cl)c2)nc2ccccn12. The Morgan fingerprint density at radius 1 is 1.10 bits per heavy atom. The molecule has 1 aromatic carbocycles. The molecule has 0 saturated heterocycles. The first-order chi connectivity index (χ1) is 10.1. The van der Waals surface area contributed by atoms with Crippen LogP contribution in [0.4, 0.5) is 5.69 Å². The summed E-state index contributed by atoms with van der Waals surface area (Å²) in [5, 5.41) is 4.26. The molecule has 106 valence electrons. The monoisotopic (exact) mass is 319 g/mol. The molecule has 0 atom stereocenters. The van der Waals surface area contributed by atoms with Gasteiger partial charge in [0, 0.05) is 28.0 Å². The minimum atomic E-state index is -0.110. The van der Waals surface area contributed by atoms with Crippen molar-refractivity contribution in [2.75, 3.05) is 5.32 Å². The van der Waals surface area contributed by atoms with Gasteiger partial charge in [-0.05, 0) is 30.3 Å². The second-order valence-electron chi connectivity index (χ2n) is 4.53. The molecule has 3 rings (SSSR count). The molecule has 0 saturated carbocycles. The fourth-order valence-corrected chi connectivity index (χ4v) is 2.57. The number of hydrogen-bond donors (Lipinski definition) is 1. The van der Waals surface area contributed by atoms with E-state index in [9.17, 15) is 4.79 Å². The third-order valence-corrected chi connectivity index (χ3v) is 3.40. The van der Waals surface area contributed by atoms with Gasteiger partial charge in [-0.3, -0.25) is 9.20 Å². The fraction of sp³-hybridized carbons (Fsp3) is 0.0667. The van der Waals surface area contributed by atoms with Gasteiger partial charge < -0.3 is 5.32 Å². The second-order valence-corrected chi connectivity index (χ2v) is 5.40. The Bertz CT molecular complexity index is 841. The Balaban J connectivity index is 1.86. The molecule has 3 aromatic rings. The van der Waals surface area contributed by atoms with Crippen LogP contribution < -0.4 is 10.9 Å². The molecule has 2 aromatic heterocycles. The molecule has 4 nitrogen and oxygen atoms in total. The van der Waals surface area contributed by atoms with Crippen molar-refractivity contribution in [2.45, 2.75) is 6.54 Å². The number of aromatic nitrogens is 2. The molecular formula is C15H11Cl2N3O. The van der Waals surface area contributed by atoms with Crippen LogP contribution in [0.15, 0.2) is 53.5 Å². The van der Waals surface area contributed by atoms with Crippen molar-refractivity contribution >= 4 is 34.5 Å². The maximum absolute atomic E-state index is 12.0. The van der Waals surface area contributed by atoms with Crippen molar-refractivity contribution in [3.05, 3.63) is 74.8 Å². The van der Waals surface area contributed by atoms with E-state index in [-0.39, 0.29) is 5.56 Å². The lowest BCUT2D eigenvalue weighted by Gasteiger charge is -2.08. The van der Waals surface area contributed by atoms with E-state index >= 15 is 0 Å². The number of pyridine rings is 1. The predicted molar refractivity (Wildman–Crippen MR) is 85.3 cm³/mol. The summed E-state index contributed by atoms with van der Waals surface area (Å²) in [6.45, 7) is 0.414. The molecule has 2 heterocycles. The van der Waals surface area contributed by atoms with Crippen molar-refractivity contribution in [1.29, 1.82) is 0 Å². The van der Waals surface area contributed by atoms with Gasteiger partial charge in [-0.1, -0.05) is 29.3 Å². The van der Waals surface area contributed by atoms with Crippen LogP contribution in [0.2, 0.25) is 10.0 Å². The van der Waals surface area contributed by atoms with Crippen LogP contribution in [-0.2, 0) is 6.54 Å². The number of hydrogen-bond acceptors (Lipinski definition) is 3. The summed E-state index contributed by atoms with van der Waals surface area (Å²) in [6.07, 6.45) is 1.69. The normalized spacial score (nSPS) is 10.8. The van der Waals surface area contributed by atoms with Gasteiger partial charge in [-0.15, -0.1) is 0 Å². The van der Waals surface area contributed by atoms with E-state index in [0.717, 1.165) is 5.69 Å². The first-order valence-electron chi connectivity index (χ1n) is 6.29. The zero-order valence-electron chi connectivity index (χ0n) is 10.9. The lowest BCUT2D eigenvalue weighted by Crippen LogP contribution is -2.16. The Kier molecular flexibility index (Phi) is 3.82. The summed E-state index contributed by atoms with van der Waals surface area (Å²) in [5.41, 5.74) is 1.94. The number of halogens is 2. The Morgan fingerprint density at radius 2 is 1.86 bits per heavy atom. The van der Waals surface area contributed by atoms with Gasteiger partial charge in [0.15, 0.2) is 0 Å². The zero-order chi connectivity index (χ0) is 14.8. The molecule has 1 N–H and O–H groups in total. The minimum Gasteiger partial charge on any atom is -0.379 e. The number of nitrogens with one attached hydrogen (secondary N) is 1. The first kappa shape index (κ1) is 13.9. The summed E-state index contributed by atoms with van der Waals surface area (Å²) in [4.78, 5) is 16.4. The third kappa shape index (κ3) is 3.17. The Hall–Kier alpha value is -2.04. The number of fused-ring (bicyclic) bond motifs is 1. The quantitative estimate of drug-likeness (QED) is 0.802. The molecule has 0 aliphatic carbocycles. The first-order valence-corrected chi connectivity index (χ1v) is 7.05. The molecular weight excluding hydrogens is 309 g/mol. The smallest absolute Gasteiger partial charge is 0.258 e. The van der Waals surface area contributed by atoms with E-state index in [1.165, 1.54) is 10.5 Å². The van der Waals surface area contributed by atoms with Gasteiger partial charge in [-0.25, -0.2) is 4.98 Å². The highest BCUT2D eigenvalue weighted by Gasteiger charge is 2.03. The average molecular weight is 320 g/mol. The van der Waals surface area contributed by atoms with Crippen LogP contribution in [0.25, 0.3) is 5.65 Å². The van der Waals surface area contributed by atoms with E-state index in [2.05, 4.69) is 10.3 Å². The molecule has 0 aliphatic heterocycles. The highest BCUT2D eigenvalue weighted by atomic mass is 35.5. The van der Waals surface area contributed by atoms with Crippen LogP contribution in [0.3, 0.4) is 0 Å². The molecule has 0 unspecified atom stereocenters. The summed E-state index contributed by atoms with van der Waals surface area (Å²) >= 11 is 11.9. The van der Waals surface area contributed by atoms with Crippen LogP contribution in [0.5, 0.6) is 0 Å². The van der Waals surface area contributed by atoms with Crippen LogP contribution >= 0.6 is 23.2 Å². The van der Waals surface area contributed by atoms with E-state index < -0.39 is 0 Å². The van der Waals surface area contributed by atoms with Crippen molar-refractivity contribution in [1.82, 2.24) is 9.38 Å². The second kappa shape index (κ2) is 5.76. The molecule has 0 amide bonds. The van der Waals surface area contributed by atoms with Crippen LogP contribution in [-0.4, -0.2) is 9.38 Å². The van der Waals surface area contributed by atoms with Crippen LogP contribution in [0, 0.1) is 0 Å². The highest BCUT2D eigenvalue weighted by Crippen LogP contribution is 2.22. The standard InChI is InChI=1S/C15H11Cl2N3O/c16-10-5-11(17)7-12(6-10)18-9-13-8-15(21)20-4-2-1-3-14(20)19-13/h1-8,18H,9H2. The topological polar surface area (TPSA) is 46.4 Å². The summed E-state index contributed by atoms with van der Waals surface area (Å²) in [7, 11) is 0. The molecule has 0 aliphatic rings. The summed E-state index contributed by atoms with van der Waals surface area (Å²) < 4.78 is 1.50. The number of nitrogens with zero attached hydrogens (tertiary/aromatic N) is 2. The van der Waals surface area contributed by atoms with Gasteiger partial charge in [0.1, 0.15) is 5.65 Å². The van der Waals surface area contributed by atoms with E-state index in [1.54, 1.807) is 36.5 Å². The fourth-order valence-electron chi connectivity index (χ4n) is 2.04. The highest BCUT2D eigenvalue weighted by molar-refractivity contribution is 6.35. The maximum atomic E-state index is 12.0. The summed E-state index contributed by atoms with van der Waals surface area (Å²) in [6, 6.07) is 12.1. The molecule has 6 heteroatoms. The third-order valence-electron chi connectivity index (χ3n) is 2.96. The largest absolute Gasteiger partial charge is 0.379 e. The number of anilines is 1. The van der Waals surface area contributed by atoms with Gasteiger partial charge >= 0.3 is 0 Å². The molecule has 0 radical (unpaired) electrons. The minimum absolute atomic E-state index is 0.110. The van der Waals surface area contributed by atoms with Gasteiger partial charge in [0.05, 0.1) is 12.2 Å². The van der Waals surface area contributed by atoms with Crippen LogP contribution in [0.1, 0.15) is 5.69 Å². The zero-order valence-corrected chi connectivity index (χ0v) is 12.4. The maximum Gasteiger partial charge on any atom is 0.258 e. The Labute approximate surface area is 131 Å². The van der Waals surface area contributed by atoms with Crippen molar-refractivity contribution < 1.29 is 0 Å². The van der Waals surface area contributed by atoms with Crippen molar-refractivity contribution in [3.8, 4) is 0 Å². The number of rotatable bonds is 3. The average Bonchev–Trinajstić information content (AvgIpc) is 2.44. The molecule has 0 bridgehead atoms. The van der Waals surface area contributed by atoms with Gasteiger partial charge in [0.25, 0.3) is 5.56 Å².